The molecule has 0 atom stereocenters. The first kappa shape index (κ1) is 23.4. The third kappa shape index (κ3) is 4.39. The molecule has 1 N–H and O–H groups in total. The van der Waals surface area contributed by atoms with E-state index < -0.39 is 5.97 Å². The summed E-state index contributed by atoms with van der Waals surface area (Å²) < 4.78 is 6.88. The zero-order chi connectivity index (χ0) is 24.4. The summed E-state index contributed by atoms with van der Waals surface area (Å²) in [5, 5.41) is 16.6. The Kier molecular flexibility index (Phi) is 6.74. The van der Waals surface area contributed by atoms with Crippen molar-refractivity contribution in [2.45, 2.75) is 45.6 Å². The lowest BCUT2D eigenvalue weighted by atomic mass is 10.1. The molecule has 1 aliphatic carbocycles. The van der Waals surface area contributed by atoms with Crippen LogP contribution in [0.2, 0.25) is 0 Å². The van der Waals surface area contributed by atoms with Crippen LogP contribution in [-0.2, 0) is 4.74 Å². The smallest absolute Gasteiger partial charge is 0.344 e. The van der Waals surface area contributed by atoms with E-state index in [4.69, 9.17) is 9.72 Å². The number of esters is 1. The Morgan fingerprint density at radius 3 is 2.54 bits per heavy atom. The highest BCUT2D eigenvalue weighted by molar-refractivity contribution is 5.95. The summed E-state index contributed by atoms with van der Waals surface area (Å²) in [7, 11) is 0. The van der Waals surface area contributed by atoms with Crippen molar-refractivity contribution < 1.29 is 9.53 Å². The molecule has 0 bridgehead atoms. The molecule has 2 fully saturated rings. The van der Waals surface area contributed by atoms with Crippen molar-refractivity contribution in [1.29, 1.82) is 0 Å². The van der Waals surface area contributed by atoms with Gasteiger partial charge >= 0.3 is 5.97 Å². The molecule has 1 aliphatic heterocycles. The highest BCUT2D eigenvalue weighted by atomic mass is 16.5. The monoisotopic (exact) mass is 477 g/mol. The summed E-state index contributed by atoms with van der Waals surface area (Å²) in [6.45, 7) is 6.90. The van der Waals surface area contributed by atoms with E-state index in [1.54, 1.807) is 18.4 Å². The van der Waals surface area contributed by atoms with Gasteiger partial charge < -0.3 is 10.1 Å². The first-order chi connectivity index (χ1) is 17.1. The molecule has 2 aromatic heterocycles. The largest absolute Gasteiger partial charge is 0.462 e. The number of benzene rings is 1. The molecule has 184 valence electrons. The lowest BCUT2D eigenvalue weighted by Gasteiger charge is -2.37. The zero-order valence-corrected chi connectivity index (χ0v) is 20.2. The second kappa shape index (κ2) is 10.1. The minimum Gasteiger partial charge on any atom is -0.462 e. The predicted octanol–water partition coefficient (Wildman–Crippen LogP) is 2.75. The fraction of sp³-hybridized carbons (Fsp3) is 0.480. The number of nitrogens with one attached hydrogen (secondary N) is 1. The molecule has 5 rings (SSSR count). The van der Waals surface area contributed by atoms with Gasteiger partial charge in [0.2, 0.25) is 0 Å². The number of aromatic nitrogens is 4. The average molecular weight is 478 g/mol. The molecule has 1 aromatic carbocycles. The molecule has 2 aliphatic rings. The number of carbonyl (C=O) groups is 1. The fourth-order valence-corrected chi connectivity index (χ4v) is 5.08. The van der Waals surface area contributed by atoms with Gasteiger partial charge in [-0.1, -0.05) is 31.0 Å². The number of aryl methyl sites for hydroxylation is 1. The number of anilines is 2. The summed E-state index contributed by atoms with van der Waals surface area (Å²) in [4.78, 5) is 31.4. The quantitative estimate of drug-likeness (QED) is 0.537. The first-order valence-corrected chi connectivity index (χ1v) is 12.4. The Hall–Kier alpha value is -3.37. The van der Waals surface area contributed by atoms with Crippen molar-refractivity contribution in [3.63, 3.8) is 0 Å². The van der Waals surface area contributed by atoms with E-state index in [1.807, 2.05) is 35.3 Å². The number of hydrogen-bond acceptors (Lipinski definition) is 9. The zero-order valence-electron chi connectivity index (χ0n) is 20.2. The first-order valence-electron chi connectivity index (χ1n) is 12.4. The molecule has 1 saturated heterocycles. The van der Waals surface area contributed by atoms with Gasteiger partial charge in [-0.15, -0.1) is 10.2 Å². The molecule has 3 aromatic rings. The summed E-state index contributed by atoms with van der Waals surface area (Å²) >= 11 is 0. The Morgan fingerprint density at radius 1 is 1.14 bits per heavy atom. The third-order valence-electron chi connectivity index (χ3n) is 6.78. The number of nitrogens with zero attached hydrogens (tertiary/aromatic N) is 6. The molecule has 10 nitrogen and oxygen atoms in total. The number of para-hydroxylation sites is 1. The van der Waals surface area contributed by atoms with E-state index in [0.717, 1.165) is 57.5 Å². The number of hydrogen-bond donors (Lipinski definition) is 1. The van der Waals surface area contributed by atoms with E-state index in [1.165, 1.54) is 0 Å². The summed E-state index contributed by atoms with van der Waals surface area (Å²) in [6, 6.07) is 9.90. The van der Waals surface area contributed by atoms with Crippen molar-refractivity contribution in [1.82, 2.24) is 30.1 Å². The van der Waals surface area contributed by atoms with Crippen molar-refractivity contribution >= 4 is 28.8 Å². The molecular formula is C25H31N7O3. The van der Waals surface area contributed by atoms with E-state index >= 15 is 0 Å². The van der Waals surface area contributed by atoms with Crippen molar-refractivity contribution in [3.8, 4) is 0 Å². The van der Waals surface area contributed by atoms with Crippen LogP contribution in [-0.4, -0.2) is 63.5 Å². The van der Waals surface area contributed by atoms with E-state index in [-0.39, 0.29) is 23.8 Å². The SMILES string of the molecule is CCOC(=O)c1c(C)c2nnc(N(c3ccccc3)N3CCNCC3)nc2n(C2CCCC2)c1=O. The van der Waals surface area contributed by atoms with Crippen molar-refractivity contribution in [2.75, 3.05) is 37.8 Å². The number of pyridine rings is 1. The molecule has 1 saturated carbocycles. The van der Waals surface area contributed by atoms with Crippen LogP contribution in [0.25, 0.3) is 11.2 Å². The van der Waals surface area contributed by atoms with Gasteiger partial charge in [0, 0.05) is 37.8 Å². The van der Waals surface area contributed by atoms with Crippen LogP contribution in [0.5, 0.6) is 0 Å². The van der Waals surface area contributed by atoms with Crippen LogP contribution in [0.15, 0.2) is 35.1 Å². The van der Waals surface area contributed by atoms with Gasteiger partial charge in [0.15, 0.2) is 5.65 Å². The molecular weight excluding hydrogens is 446 g/mol. The molecule has 35 heavy (non-hydrogen) atoms. The maximum atomic E-state index is 13.7. The third-order valence-corrected chi connectivity index (χ3v) is 6.78. The van der Waals surface area contributed by atoms with E-state index in [9.17, 15) is 9.59 Å². The number of carbonyl (C=O) groups excluding carboxylic acids is 1. The summed E-state index contributed by atoms with van der Waals surface area (Å²) in [5.74, 6) is -0.221. The van der Waals surface area contributed by atoms with Crippen LogP contribution in [0.1, 0.15) is 54.6 Å². The Bertz CT molecular complexity index is 1270. The average Bonchev–Trinajstić information content (AvgIpc) is 3.40. The van der Waals surface area contributed by atoms with Gasteiger partial charge in [-0.25, -0.2) is 14.8 Å². The van der Waals surface area contributed by atoms with Gasteiger partial charge in [0.25, 0.3) is 11.5 Å². The standard InChI is InChI=1S/C25H31N7O3/c1-3-35-24(34)20-17(2)21-22(31(23(20)33)18-9-7-8-10-18)27-25(29-28-21)32(19-11-5-4-6-12-19)30-15-13-26-14-16-30/h4-6,11-12,18,26H,3,7-10,13-16H2,1-2H3. The van der Waals surface area contributed by atoms with Crippen molar-refractivity contribution in [2.24, 2.45) is 0 Å². The van der Waals surface area contributed by atoms with Crippen LogP contribution < -0.4 is 15.9 Å². The molecule has 3 heterocycles. The molecule has 0 radical (unpaired) electrons. The Morgan fingerprint density at radius 2 is 1.86 bits per heavy atom. The molecule has 10 heteroatoms. The predicted molar refractivity (Wildman–Crippen MR) is 133 cm³/mol. The minimum atomic E-state index is -0.624. The van der Waals surface area contributed by atoms with Gasteiger partial charge in [0.05, 0.1) is 12.3 Å². The highest BCUT2D eigenvalue weighted by Crippen LogP contribution is 2.32. The minimum absolute atomic E-state index is 0.0251. The Labute approximate surface area is 203 Å². The van der Waals surface area contributed by atoms with E-state index in [0.29, 0.717) is 22.7 Å². The number of rotatable bonds is 6. The maximum Gasteiger partial charge on any atom is 0.344 e. The van der Waals surface area contributed by atoms with Gasteiger partial charge in [-0.3, -0.25) is 9.36 Å². The number of hydrazine groups is 1. The highest BCUT2D eigenvalue weighted by Gasteiger charge is 2.30. The number of fused-ring (bicyclic) bond motifs is 1. The van der Waals surface area contributed by atoms with Crippen molar-refractivity contribution in [3.05, 3.63) is 51.8 Å². The van der Waals surface area contributed by atoms with Gasteiger partial charge in [-0.05, 0) is 38.8 Å². The number of ether oxygens (including phenoxy) is 1. The van der Waals surface area contributed by atoms with Crippen LogP contribution in [0.3, 0.4) is 0 Å². The van der Waals surface area contributed by atoms with Crippen LogP contribution in [0, 0.1) is 6.92 Å². The van der Waals surface area contributed by atoms with Gasteiger partial charge in [0.1, 0.15) is 11.1 Å². The molecule has 0 spiro atoms. The summed E-state index contributed by atoms with van der Waals surface area (Å²) in [6.07, 6.45) is 3.78. The summed E-state index contributed by atoms with van der Waals surface area (Å²) in [5.41, 5.74) is 1.96. The number of piperazine rings is 1. The Balaban J connectivity index is 1.72. The normalized spacial score (nSPS) is 17.1. The topological polar surface area (TPSA) is 105 Å². The lowest BCUT2D eigenvalue weighted by Crippen LogP contribution is -2.51. The second-order valence-electron chi connectivity index (χ2n) is 8.97. The maximum absolute atomic E-state index is 13.7. The second-order valence-corrected chi connectivity index (χ2v) is 8.97. The fourth-order valence-electron chi connectivity index (χ4n) is 5.08. The van der Waals surface area contributed by atoms with Crippen LogP contribution >= 0.6 is 0 Å². The van der Waals surface area contributed by atoms with Gasteiger partial charge in [-0.2, -0.15) is 4.98 Å². The lowest BCUT2D eigenvalue weighted by molar-refractivity contribution is 0.0522. The van der Waals surface area contributed by atoms with Crippen LogP contribution in [0.4, 0.5) is 11.6 Å². The van der Waals surface area contributed by atoms with E-state index in [2.05, 4.69) is 20.5 Å². The molecule has 0 amide bonds. The molecule has 0 unspecified atom stereocenters.